The van der Waals surface area contributed by atoms with Crippen LogP contribution in [-0.2, 0) is 0 Å². The van der Waals surface area contributed by atoms with Crippen molar-refractivity contribution in [1.29, 1.82) is 0 Å². The standard InChI is InChI=1S/C13H13BrClNS/c1-8(16-2)12-5-6-13(17-12)10-7-9(14)3-4-11(10)15/h3-8,16H,1-2H3. The summed E-state index contributed by atoms with van der Waals surface area (Å²) >= 11 is 11.5. The van der Waals surface area contributed by atoms with Gasteiger partial charge in [0.25, 0.3) is 0 Å². The highest BCUT2D eigenvalue weighted by molar-refractivity contribution is 9.10. The van der Waals surface area contributed by atoms with Crippen LogP contribution in [0, 0.1) is 0 Å². The van der Waals surface area contributed by atoms with E-state index < -0.39 is 0 Å². The Bertz CT molecular complexity index is 524. The molecule has 1 nitrogen and oxygen atoms in total. The molecule has 1 unspecified atom stereocenters. The van der Waals surface area contributed by atoms with E-state index in [1.807, 2.05) is 19.2 Å². The van der Waals surface area contributed by atoms with Crippen molar-refractivity contribution in [2.45, 2.75) is 13.0 Å². The average Bonchev–Trinajstić information content (AvgIpc) is 2.80. The molecule has 2 rings (SSSR count). The first-order valence-corrected chi connectivity index (χ1v) is 7.33. The zero-order chi connectivity index (χ0) is 12.4. The van der Waals surface area contributed by atoms with Crippen molar-refractivity contribution in [3.63, 3.8) is 0 Å². The molecule has 0 fully saturated rings. The third kappa shape index (κ3) is 2.91. The largest absolute Gasteiger partial charge is 0.313 e. The van der Waals surface area contributed by atoms with Crippen LogP contribution in [0.1, 0.15) is 17.8 Å². The summed E-state index contributed by atoms with van der Waals surface area (Å²) in [5.74, 6) is 0. The van der Waals surface area contributed by atoms with Gasteiger partial charge in [-0.15, -0.1) is 11.3 Å². The van der Waals surface area contributed by atoms with Crippen LogP contribution in [-0.4, -0.2) is 7.05 Å². The Morgan fingerprint density at radius 1 is 1.29 bits per heavy atom. The predicted molar refractivity (Wildman–Crippen MR) is 79.9 cm³/mol. The monoisotopic (exact) mass is 329 g/mol. The molecule has 17 heavy (non-hydrogen) atoms. The van der Waals surface area contributed by atoms with Gasteiger partial charge >= 0.3 is 0 Å². The highest BCUT2D eigenvalue weighted by Gasteiger charge is 2.10. The fourth-order valence-electron chi connectivity index (χ4n) is 1.56. The quantitative estimate of drug-likeness (QED) is 0.824. The predicted octanol–water partition coefficient (Wildman–Crippen LogP) is 5.11. The molecule has 0 saturated carbocycles. The molecule has 1 aromatic carbocycles. The van der Waals surface area contributed by atoms with Gasteiger partial charge in [-0.05, 0) is 44.3 Å². The van der Waals surface area contributed by atoms with Gasteiger partial charge in [0.2, 0.25) is 0 Å². The molecule has 1 atom stereocenters. The van der Waals surface area contributed by atoms with Crippen molar-refractivity contribution in [2.75, 3.05) is 7.05 Å². The van der Waals surface area contributed by atoms with Crippen LogP contribution in [0.5, 0.6) is 0 Å². The van der Waals surface area contributed by atoms with Crippen LogP contribution >= 0.6 is 38.9 Å². The molecular formula is C13H13BrClNS. The molecule has 0 aliphatic heterocycles. The second kappa shape index (κ2) is 5.53. The fourth-order valence-corrected chi connectivity index (χ4v) is 3.29. The van der Waals surface area contributed by atoms with Crippen LogP contribution in [0.2, 0.25) is 5.02 Å². The highest BCUT2D eigenvalue weighted by Crippen LogP contribution is 2.36. The molecule has 0 bridgehead atoms. The third-order valence-electron chi connectivity index (χ3n) is 2.68. The SMILES string of the molecule is CNC(C)c1ccc(-c2cc(Br)ccc2Cl)s1. The van der Waals surface area contributed by atoms with Gasteiger partial charge in [0.15, 0.2) is 0 Å². The van der Waals surface area contributed by atoms with Crippen molar-refractivity contribution < 1.29 is 0 Å². The Hall–Kier alpha value is -0.350. The minimum atomic E-state index is 0.375. The van der Waals surface area contributed by atoms with Gasteiger partial charge in [-0.25, -0.2) is 0 Å². The Labute approximate surface area is 119 Å². The van der Waals surface area contributed by atoms with E-state index >= 15 is 0 Å². The lowest BCUT2D eigenvalue weighted by atomic mass is 10.2. The average molecular weight is 331 g/mol. The van der Waals surface area contributed by atoms with Gasteiger partial charge in [0.1, 0.15) is 0 Å². The van der Waals surface area contributed by atoms with E-state index in [1.54, 1.807) is 11.3 Å². The van der Waals surface area contributed by atoms with Crippen molar-refractivity contribution in [1.82, 2.24) is 5.32 Å². The molecule has 2 aromatic rings. The molecule has 0 radical (unpaired) electrons. The molecule has 0 aliphatic carbocycles. The smallest absolute Gasteiger partial charge is 0.0493 e. The van der Waals surface area contributed by atoms with E-state index in [0.29, 0.717) is 6.04 Å². The van der Waals surface area contributed by atoms with E-state index in [9.17, 15) is 0 Å². The molecule has 0 aliphatic rings. The lowest BCUT2D eigenvalue weighted by Crippen LogP contribution is -2.10. The zero-order valence-corrected chi connectivity index (χ0v) is 12.8. The van der Waals surface area contributed by atoms with Crippen LogP contribution in [0.4, 0.5) is 0 Å². The summed E-state index contributed by atoms with van der Waals surface area (Å²) in [6.45, 7) is 2.15. The molecule has 0 saturated heterocycles. The first-order chi connectivity index (χ1) is 8.11. The first kappa shape index (κ1) is 13.1. The number of hydrogen-bond donors (Lipinski definition) is 1. The van der Waals surface area contributed by atoms with Gasteiger partial charge in [-0.3, -0.25) is 0 Å². The van der Waals surface area contributed by atoms with E-state index in [2.05, 4.69) is 46.4 Å². The van der Waals surface area contributed by atoms with Crippen molar-refractivity contribution in [3.8, 4) is 10.4 Å². The number of thiophene rings is 1. The maximum absolute atomic E-state index is 6.22. The van der Waals surface area contributed by atoms with E-state index in [4.69, 9.17) is 11.6 Å². The van der Waals surface area contributed by atoms with Gasteiger partial charge in [-0.1, -0.05) is 27.5 Å². The van der Waals surface area contributed by atoms with Crippen LogP contribution in [0.25, 0.3) is 10.4 Å². The van der Waals surface area contributed by atoms with Crippen LogP contribution in [0.3, 0.4) is 0 Å². The minimum Gasteiger partial charge on any atom is -0.313 e. The molecule has 0 spiro atoms. The summed E-state index contributed by atoms with van der Waals surface area (Å²) < 4.78 is 1.05. The normalized spacial score (nSPS) is 12.7. The van der Waals surface area contributed by atoms with E-state index in [0.717, 1.165) is 15.1 Å². The number of halogens is 2. The highest BCUT2D eigenvalue weighted by atomic mass is 79.9. The molecule has 4 heteroatoms. The van der Waals surface area contributed by atoms with Gasteiger partial charge in [0.05, 0.1) is 0 Å². The van der Waals surface area contributed by atoms with Gasteiger partial charge < -0.3 is 5.32 Å². The second-order valence-electron chi connectivity index (χ2n) is 3.84. The number of rotatable bonds is 3. The zero-order valence-electron chi connectivity index (χ0n) is 9.63. The lowest BCUT2D eigenvalue weighted by Gasteiger charge is -2.06. The summed E-state index contributed by atoms with van der Waals surface area (Å²) in [5.41, 5.74) is 1.08. The van der Waals surface area contributed by atoms with Crippen molar-refractivity contribution in [3.05, 3.63) is 44.7 Å². The Morgan fingerprint density at radius 2 is 2.06 bits per heavy atom. The molecule has 90 valence electrons. The number of benzene rings is 1. The Morgan fingerprint density at radius 3 is 2.76 bits per heavy atom. The summed E-state index contributed by atoms with van der Waals surface area (Å²) in [6, 6.07) is 10.6. The number of nitrogens with one attached hydrogen (secondary N) is 1. The van der Waals surface area contributed by atoms with Gasteiger partial charge in [-0.2, -0.15) is 0 Å². The lowest BCUT2D eigenvalue weighted by molar-refractivity contribution is 0.664. The topological polar surface area (TPSA) is 12.0 Å². The van der Waals surface area contributed by atoms with Crippen molar-refractivity contribution >= 4 is 38.9 Å². The summed E-state index contributed by atoms with van der Waals surface area (Å²) in [5, 5.41) is 4.03. The summed E-state index contributed by atoms with van der Waals surface area (Å²) in [7, 11) is 1.97. The second-order valence-corrected chi connectivity index (χ2v) is 6.27. The first-order valence-electron chi connectivity index (χ1n) is 5.34. The molecule has 1 aromatic heterocycles. The maximum atomic E-state index is 6.22. The van der Waals surface area contributed by atoms with E-state index in [-0.39, 0.29) is 0 Å². The minimum absolute atomic E-state index is 0.375. The maximum Gasteiger partial charge on any atom is 0.0493 e. The Kier molecular flexibility index (Phi) is 4.26. The van der Waals surface area contributed by atoms with Crippen molar-refractivity contribution in [2.24, 2.45) is 0 Å². The number of hydrogen-bond acceptors (Lipinski definition) is 2. The molecule has 1 N–H and O–H groups in total. The fraction of sp³-hybridized carbons (Fsp3) is 0.231. The third-order valence-corrected chi connectivity index (χ3v) is 4.80. The Balaban J connectivity index is 2.40. The molecule has 1 heterocycles. The molecule has 0 amide bonds. The van der Waals surface area contributed by atoms with E-state index in [1.165, 1.54) is 9.75 Å². The summed E-state index contributed by atoms with van der Waals surface area (Å²) in [6.07, 6.45) is 0. The molecular weight excluding hydrogens is 318 g/mol. The van der Waals surface area contributed by atoms with Crippen LogP contribution in [0.15, 0.2) is 34.8 Å². The summed E-state index contributed by atoms with van der Waals surface area (Å²) in [4.78, 5) is 2.52. The van der Waals surface area contributed by atoms with Crippen LogP contribution < -0.4 is 5.32 Å². The van der Waals surface area contributed by atoms with Gasteiger partial charge in [0, 0.05) is 30.9 Å².